The van der Waals surface area contributed by atoms with Gasteiger partial charge in [0, 0.05) is 6.04 Å². The highest BCUT2D eigenvalue weighted by atomic mass is 16.5. The molecule has 0 heterocycles. The first-order valence-electron chi connectivity index (χ1n) is 7.84. The van der Waals surface area contributed by atoms with Gasteiger partial charge in [0.1, 0.15) is 12.4 Å². The van der Waals surface area contributed by atoms with Gasteiger partial charge in [0.25, 0.3) is 0 Å². The largest absolute Gasteiger partial charge is 0.490 e. The third-order valence-corrected chi connectivity index (χ3v) is 4.49. The lowest BCUT2D eigenvalue weighted by molar-refractivity contribution is -0.0115. The van der Waals surface area contributed by atoms with Crippen LogP contribution in [0.25, 0.3) is 0 Å². The summed E-state index contributed by atoms with van der Waals surface area (Å²) in [6.07, 6.45) is 3.63. The topological polar surface area (TPSA) is 41.5 Å². The van der Waals surface area contributed by atoms with Crippen molar-refractivity contribution in [2.75, 3.05) is 13.2 Å². The maximum atomic E-state index is 10.3. The van der Waals surface area contributed by atoms with E-state index in [0.717, 1.165) is 38.0 Å². The molecule has 0 fully saturated rings. The van der Waals surface area contributed by atoms with E-state index in [0.29, 0.717) is 12.6 Å². The van der Waals surface area contributed by atoms with Crippen molar-refractivity contribution in [2.45, 2.75) is 58.1 Å². The molecule has 2 N–H and O–H groups in total. The molecule has 2 rings (SSSR count). The lowest BCUT2D eigenvalue weighted by atomic mass is 9.99. The van der Waals surface area contributed by atoms with Crippen LogP contribution in [0.5, 0.6) is 5.75 Å². The highest BCUT2D eigenvalue weighted by molar-refractivity contribution is 5.45. The van der Waals surface area contributed by atoms with Crippen molar-refractivity contribution >= 4 is 0 Å². The first kappa shape index (κ1) is 15.3. The molecular formula is C17H27NO2. The van der Waals surface area contributed by atoms with Gasteiger partial charge in [0.05, 0.1) is 5.60 Å². The summed E-state index contributed by atoms with van der Waals surface area (Å²) in [4.78, 5) is 0. The molecule has 1 aliphatic carbocycles. The maximum absolute atomic E-state index is 10.3. The van der Waals surface area contributed by atoms with E-state index in [2.05, 4.69) is 24.4 Å². The third kappa shape index (κ3) is 3.15. The van der Waals surface area contributed by atoms with E-state index < -0.39 is 5.60 Å². The number of benzene rings is 1. The fourth-order valence-corrected chi connectivity index (χ4v) is 2.88. The lowest BCUT2D eigenvalue weighted by Crippen LogP contribution is -2.34. The number of aliphatic hydroxyl groups is 1. The summed E-state index contributed by atoms with van der Waals surface area (Å²) in [7, 11) is 0. The van der Waals surface area contributed by atoms with Gasteiger partial charge in [-0.3, -0.25) is 0 Å². The van der Waals surface area contributed by atoms with Crippen LogP contribution in [0.15, 0.2) is 18.2 Å². The van der Waals surface area contributed by atoms with Crippen molar-refractivity contribution in [2.24, 2.45) is 0 Å². The van der Waals surface area contributed by atoms with Gasteiger partial charge in [-0.15, -0.1) is 0 Å². The van der Waals surface area contributed by atoms with Crippen LogP contribution in [-0.2, 0) is 6.42 Å². The monoisotopic (exact) mass is 277 g/mol. The van der Waals surface area contributed by atoms with Crippen LogP contribution in [-0.4, -0.2) is 23.9 Å². The summed E-state index contributed by atoms with van der Waals surface area (Å²) < 4.78 is 5.94. The molecule has 1 aromatic rings. The van der Waals surface area contributed by atoms with Crippen molar-refractivity contribution in [1.29, 1.82) is 0 Å². The van der Waals surface area contributed by atoms with Crippen LogP contribution in [0.2, 0.25) is 0 Å². The molecule has 0 bridgehead atoms. The van der Waals surface area contributed by atoms with Gasteiger partial charge in [-0.25, -0.2) is 0 Å². The summed E-state index contributed by atoms with van der Waals surface area (Å²) in [6, 6.07) is 6.73. The van der Waals surface area contributed by atoms with E-state index in [9.17, 15) is 5.11 Å². The van der Waals surface area contributed by atoms with Crippen LogP contribution < -0.4 is 10.1 Å². The Morgan fingerprint density at radius 2 is 2.05 bits per heavy atom. The molecule has 0 aromatic heterocycles. The molecule has 1 atom stereocenters. The molecule has 1 unspecified atom stereocenters. The second kappa shape index (κ2) is 6.59. The van der Waals surface area contributed by atoms with Crippen molar-refractivity contribution in [3.8, 4) is 5.75 Å². The van der Waals surface area contributed by atoms with Gasteiger partial charge in [-0.05, 0) is 49.4 Å². The maximum Gasteiger partial charge on any atom is 0.122 e. The van der Waals surface area contributed by atoms with Gasteiger partial charge in [-0.1, -0.05) is 32.9 Å². The van der Waals surface area contributed by atoms with Crippen LogP contribution in [0.1, 0.15) is 57.2 Å². The Hall–Kier alpha value is -1.06. The van der Waals surface area contributed by atoms with Gasteiger partial charge in [-0.2, -0.15) is 0 Å². The summed E-state index contributed by atoms with van der Waals surface area (Å²) in [5, 5.41) is 13.9. The first-order chi connectivity index (χ1) is 9.63. The van der Waals surface area contributed by atoms with E-state index in [1.165, 1.54) is 11.1 Å². The standard InChI is InChI=1S/C17H27NO2/c1-4-17(19,5-2)12-20-16-9-7-8-13-14(16)10-11-15(13)18-6-3/h7-9,15,18-19H,4-6,10-12H2,1-3H3. The Morgan fingerprint density at radius 3 is 2.70 bits per heavy atom. The predicted molar refractivity (Wildman–Crippen MR) is 82.2 cm³/mol. The number of rotatable bonds is 7. The minimum absolute atomic E-state index is 0.377. The molecule has 3 nitrogen and oxygen atoms in total. The zero-order valence-electron chi connectivity index (χ0n) is 12.9. The summed E-state index contributed by atoms with van der Waals surface area (Å²) in [5.74, 6) is 0.947. The summed E-state index contributed by atoms with van der Waals surface area (Å²) in [5.41, 5.74) is 1.97. The molecule has 0 radical (unpaired) electrons. The number of nitrogens with one attached hydrogen (secondary N) is 1. The quantitative estimate of drug-likeness (QED) is 0.804. The second-order valence-corrected chi connectivity index (χ2v) is 5.69. The minimum atomic E-state index is -0.706. The van der Waals surface area contributed by atoms with Crippen LogP contribution >= 0.6 is 0 Å². The zero-order valence-corrected chi connectivity index (χ0v) is 12.9. The van der Waals surface area contributed by atoms with Gasteiger partial charge in [0.15, 0.2) is 0 Å². The Bertz CT molecular complexity index is 441. The SMILES string of the molecule is CCNC1CCc2c(OCC(O)(CC)CC)cccc21. The van der Waals surface area contributed by atoms with Crippen LogP contribution in [0.4, 0.5) is 0 Å². The highest BCUT2D eigenvalue weighted by Crippen LogP contribution is 2.37. The Balaban J connectivity index is 2.11. The van der Waals surface area contributed by atoms with Crippen LogP contribution in [0, 0.1) is 0 Å². The molecule has 0 aliphatic heterocycles. The number of ether oxygens (including phenoxy) is 1. The molecular weight excluding hydrogens is 250 g/mol. The Labute approximate surface area is 122 Å². The first-order valence-corrected chi connectivity index (χ1v) is 7.84. The predicted octanol–water partition coefficient (Wildman–Crippen LogP) is 3.21. The second-order valence-electron chi connectivity index (χ2n) is 5.69. The summed E-state index contributed by atoms with van der Waals surface area (Å²) in [6.45, 7) is 7.51. The molecule has 0 saturated heterocycles. The third-order valence-electron chi connectivity index (χ3n) is 4.49. The van der Waals surface area contributed by atoms with Crippen molar-refractivity contribution in [3.05, 3.63) is 29.3 Å². The van der Waals surface area contributed by atoms with E-state index in [-0.39, 0.29) is 0 Å². The number of fused-ring (bicyclic) bond motifs is 1. The van der Waals surface area contributed by atoms with E-state index >= 15 is 0 Å². The molecule has 20 heavy (non-hydrogen) atoms. The van der Waals surface area contributed by atoms with Gasteiger partial charge >= 0.3 is 0 Å². The molecule has 3 heteroatoms. The van der Waals surface area contributed by atoms with Gasteiger partial charge < -0.3 is 15.2 Å². The van der Waals surface area contributed by atoms with Gasteiger partial charge in [0.2, 0.25) is 0 Å². The molecule has 0 spiro atoms. The fraction of sp³-hybridized carbons (Fsp3) is 0.647. The van der Waals surface area contributed by atoms with E-state index in [4.69, 9.17) is 4.74 Å². The normalized spacial score (nSPS) is 18.1. The summed E-state index contributed by atoms with van der Waals surface area (Å²) >= 11 is 0. The molecule has 1 aromatic carbocycles. The average molecular weight is 277 g/mol. The lowest BCUT2D eigenvalue weighted by Gasteiger charge is -2.25. The number of hydrogen-bond acceptors (Lipinski definition) is 3. The van der Waals surface area contributed by atoms with Crippen molar-refractivity contribution in [3.63, 3.8) is 0 Å². The van der Waals surface area contributed by atoms with Crippen molar-refractivity contribution in [1.82, 2.24) is 5.32 Å². The fourth-order valence-electron chi connectivity index (χ4n) is 2.88. The van der Waals surface area contributed by atoms with Crippen LogP contribution in [0.3, 0.4) is 0 Å². The Morgan fingerprint density at radius 1 is 1.30 bits per heavy atom. The smallest absolute Gasteiger partial charge is 0.122 e. The average Bonchev–Trinajstić information content (AvgIpc) is 2.89. The van der Waals surface area contributed by atoms with E-state index in [1.807, 2.05) is 19.9 Å². The highest BCUT2D eigenvalue weighted by Gasteiger charge is 2.27. The number of hydrogen-bond donors (Lipinski definition) is 2. The Kier molecular flexibility index (Phi) is 5.06. The molecule has 0 amide bonds. The zero-order chi connectivity index (χ0) is 14.6. The molecule has 112 valence electrons. The van der Waals surface area contributed by atoms with Crippen molar-refractivity contribution < 1.29 is 9.84 Å². The minimum Gasteiger partial charge on any atom is -0.490 e. The molecule has 0 saturated carbocycles. The molecule has 1 aliphatic rings. The van der Waals surface area contributed by atoms with E-state index in [1.54, 1.807) is 0 Å².